The summed E-state index contributed by atoms with van der Waals surface area (Å²) in [4.78, 5) is 18.8. The molecule has 1 amide bonds. The second-order valence-corrected chi connectivity index (χ2v) is 8.24. The van der Waals surface area contributed by atoms with Crippen LogP contribution in [0.15, 0.2) is 42.7 Å². The molecule has 0 bridgehead atoms. The molecular formula is C22H27N3O2. The van der Waals surface area contributed by atoms with Crippen molar-refractivity contribution in [2.45, 2.75) is 50.7 Å². The number of hydrogen-bond donors (Lipinski definition) is 2. The third-order valence-corrected chi connectivity index (χ3v) is 6.03. The first kappa shape index (κ1) is 18.1. The molecule has 2 aromatic rings. The molecule has 1 aliphatic heterocycles. The van der Waals surface area contributed by atoms with Crippen LogP contribution < -0.4 is 5.32 Å². The van der Waals surface area contributed by atoms with Crippen LogP contribution in [0.4, 0.5) is 5.69 Å². The zero-order valence-electron chi connectivity index (χ0n) is 16.0. The van der Waals surface area contributed by atoms with Crippen LogP contribution in [0.25, 0.3) is 0 Å². The van der Waals surface area contributed by atoms with E-state index in [4.69, 9.17) is 0 Å². The minimum absolute atomic E-state index is 0.00884. The van der Waals surface area contributed by atoms with E-state index >= 15 is 0 Å². The van der Waals surface area contributed by atoms with Crippen molar-refractivity contribution in [3.63, 3.8) is 0 Å². The number of anilines is 1. The number of nitrogens with zero attached hydrogens (tertiary/aromatic N) is 2. The lowest BCUT2D eigenvalue weighted by molar-refractivity contribution is -0.115. The van der Waals surface area contributed by atoms with Crippen molar-refractivity contribution in [3.8, 4) is 0 Å². The Labute approximate surface area is 160 Å². The van der Waals surface area contributed by atoms with E-state index in [1.54, 1.807) is 12.4 Å². The largest absolute Gasteiger partial charge is 0.390 e. The van der Waals surface area contributed by atoms with Gasteiger partial charge in [0.2, 0.25) is 5.91 Å². The van der Waals surface area contributed by atoms with Gasteiger partial charge < -0.3 is 10.4 Å². The fraction of sp³-hybridized carbons (Fsp3) is 0.455. The average molecular weight is 365 g/mol. The molecule has 27 heavy (non-hydrogen) atoms. The number of likely N-dealkylation sites (tertiary alicyclic amines) is 1. The lowest BCUT2D eigenvalue weighted by Crippen LogP contribution is -2.38. The first-order valence-electron chi connectivity index (χ1n) is 9.72. The summed E-state index contributed by atoms with van der Waals surface area (Å²) in [7, 11) is 0. The number of rotatable bonds is 4. The Kier molecular flexibility index (Phi) is 4.74. The van der Waals surface area contributed by atoms with Crippen molar-refractivity contribution in [2.75, 3.05) is 18.4 Å². The number of nitrogens with one attached hydrogen (secondary N) is 1. The van der Waals surface area contributed by atoms with Crippen LogP contribution in [0.2, 0.25) is 0 Å². The van der Waals surface area contributed by atoms with E-state index in [9.17, 15) is 9.90 Å². The number of hydrogen-bond acceptors (Lipinski definition) is 4. The number of aromatic nitrogens is 1. The molecular weight excluding hydrogens is 338 g/mol. The second kappa shape index (κ2) is 7.06. The van der Waals surface area contributed by atoms with Crippen molar-refractivity contribution in [1.82, 2.24) is 9.88 Å². The van der Waals surface area contributed by atoms with E-state index < -0.39 is 6.10 Å². The maximum Gasteiger partial charge on any atom is 0.228 e. The van der Waals surface area contributed by atoms with Crippen molar-refractivity contribution >= 4 is 11.6 Å². The molecule has 0 radical (unpaired) electrons. The molecule has 2 heterocycles. The predicted molar refractivity (Wildman–Crippen MR) is 106 cm³/mol. The molecule has 4 rings (SSSR count). The number of aliphatic hydroxyl groups is 1. The number of pyridine rings is 1. The zero-order chi connectivity index (χ0) is 19.0. The first-order chi connectivity index (χ1) is 13.0. The van der Waals surface area contributed by atoms with Gasteiger partial charge in [0.1, 0.15) is 0 Å². The van der Waals surface area contributed by atoms with Crippen molar-refractivity contribution in [3.05, 3.63) is 59.4 Å². The Balaban J connectivity index is 1.57. The summed E-state index contributed by atoms with van der Waals surface area (Å²) in [5.74, 6) is -0.0447. The van der Waals surface area contributed by atoms with Gasteiger partial charge in [-0.05, 0) is 66.9 Å². The number of carbonyl (C=O) groups is 1. The number of aliphatic hydroxyl groups excluding tert-OH is 1. The molecule has 1 saturated heterocycles. The molecule has 2 N–H and O–H groups in total. The quantitative estimate of drug-likeness (QED) is 0.874. The van der Waals surface area contributed by atoms with Crippen LogP contribution in [-0.2, 0) is 16.6 Å². The van der Waals surface area contributed by atoms with Gasteiger partial charge in [-0.15, -0.1) is 0 Å². The Hall–Kier alpha value is -2.24. The first-order valence-corrected chi connectivity index (χ1v) is 9.72. The number of carbonyl (C=O) groups excluding carboxylic acids is 1. The lowest BCUT2D eigenvalue weighted by atomic mass is 9.84. The lowest BCUT2D eigenvalue weighted by Gasteiger charge is -2.31. The monoisotopic (exact) mass is 365 g/mol. The summed E-state index contributed by atoms with van der Waals surface area (Å²) in [5, 5.41) is 14.0. The normalized spacial score (nSPS) is 24.0. The van der Waals surface area contributed by atoms with Crippen LogP contribution in [-0.4, -0.2) is 40.1 Å². The van der Waals surface area contributed by atoms with Gasteiger partial charge in [0.15, 0.2) is 0 Å². The molecule has 142 valence electrons. The molecule has 5 nitrogen and oxygen atoms in total. The van der Waals surface area contributed by atoms with Crippen molar-refractivity contribution < 1.29 is 9.90 Å². The number of fused-ring (bicyclic) bond motifs is 1. The van der Waals surface area contributed by atoms with Crippen LogP contribution in [0.3, 0.4) is 0 Å². The summed E-state index contributed by atoms with van der Waals surface area (Å²) in [6.45, 7) is 6.26. The van der Waals surface area contributed by atoms with Gasteiger partial charge in [0.25, 0.3) is 0 Å². The Bertz CT molecular complexity index is 829. The number of benzene rings is 1. The van der Waals surface area contributed by atoms with Crippen LogP contribution in [0.5, 0.6) is 0 Å². The predicted octanol–water partition coefficient (Wildman–Crippen LogP) is 3.05. The Morgan fingerprint density at radius 3 is 2.63 bits per heavy atom. The Morgan fingerprint density at radius 2 is 1.93 bits per heavy atom. The highest BCUT2D eigenvalue weighted by molar-refractivity contribution is 5.92. The van der Waals surface area contributed by atoms with Gasteiger partial charge in [0.05, 0.1) is 18.6 Å². The zero-order valence-corrected chi connectivity index (χ0v) is 16.0. The van der Waals surface area contributed by atoms with E-state index in [-0.39, 0.29) is 17.4 Å². The Morgan fingerprint density at radius 1 is 1.22 bits per heavy atom. The average Bonchev–Trinajstić information content (AvgIpc) is 3.22. The number of amides is 1. The van der Waals surface area contributed by atoms with Gasteiger partial charge in [0, 0.05) is 23.5 Å². The van der Waals surface area contributed by atoms with Crippen LogP contribution in [0, 0.1) is 0 Å². The second-order valence-electron chi connectivity index (χ2n) is 8.24. The van der Waals surface area contributed by atoms with Crippen LogP contribution >= 0.6 is 0 Å². The van der Waals surface area contributed by atoms with Gasteiger partial charge >= 0.3 is 0 Å². The third-order valence-electron chi connectivity index (χ3n) is 6.03. The molecule has 5 heteroatoms. The molecule has 1 aromatic heterocycles. The SMILES string of the molecule is CC1(C)c2ccc(NC(=O)Cc3ccncc3)cc2C(N2CCCC2)C1O. The summed E-state index contributed by atoms with van der Waals surface area (Å²) in [6, 6.07) is 9.78. The van der Waals surface area contributed by atoms with Crippen LogP contribution in [0.1, 0.15) is 49.4 Å². The molecule has 1 aliphatic carbocycles. The highest BCUT2D eigenvalue weighted by Gasteiger charge is 2.48. The summed E-state index contributed by atoms with van der Waals surface area (Å²) in [6.07, 6.45) is 5.64. The topological polar surface area (TPSA) is 65.5 Å². The van der Waals surface area contributed by atoms with Gasteiger partial charge in [-0.3, -0.25) is 14.7 Å². The van der Waals surface area contributed by atoms with E-state index in [1.807, 2.05) is 18.2 Å². The molecule has 1 fully saturated rings. The smallest absolute Gasteiger partial charge is 0.228 e. The van der Waals surface area contributed by atoms with E-state index in [1.165, 1.54) is 18.4 Å². The minimum Gasteiger partial charge on any atom is -0.390 e. The fourth-order valence-electron chi connectivity index (χ4n) is 4.50. The maximum atomic E-state index is 12.4. The van der Waals surface area contributed by atoms with Crippen molar-refractivity contribution in [2.24, 2.45) is 0 Å². The van der Waals surface area contributed by atoms with Gasteiger partial charge in [-0.25, -0.2) is 0 Å². The summed E-state index contributed by atoms with van der Waals surface area (Å²) >= 11 is 0. The third kappa shape index (κ3) is 3.37. The fourth-order valence-corrected chi connectivity index (χ4v) is 4.50. The van der Waals surface area contributed by atoms with Gasteiger partial charge in [-0.1, -0.05) is 19.9 Å². The van der Waals surface area contributed by atoms with E-state index in [2.05, 4.69) is 41.2 Å². The summed E-state index contributed by atoms with van der Waals surface area (Å²) in [5.41, 5.74) is 3.77. The highest BCUT2D eigenvalue weighted by atomic mass is 16.3. The molecule has 2 unspecified atom stereocenters. The van der Waals surface area contributed by atoms with Gasteiger partial charge in [-0.2, -0.15) is 0 Å². The molecule has 2 aliphatic rings. The van der Waals surface area contributed by atoms with Crippen molar-refractivity contribution in [1.29, 1.82) is 0 Å². The molecule has 1 aromatic carbocycles. The van der Waals surface area contributed by atoms with E-state index in [0.29, 0.717) is 6.42 Å². The van der Waals surface area contributed by atoms with E-state index in [0.717, 1.165) is 29.9 Å². The molecule has 0 spiro atoms. The maximum absolute atomic E-state index is 12.4. The summed E-state index contributed by atoms with van der Waals surface area (Å²) < 4.78 is 0. The minimum atomic E-state index is -0.437. The highest BCUT2D eigenvalue weighted by Crippen LogP contribution is 2.48. The molecule has 2 atom stereocenters. The standard InChI is InChI=1S/C22H27N3O2/c1-22(2)18-6-5-16(24-19(26)13-15-7-9-23-10-8-15)14-17(18)20(21(22)27)25-11-3-4-12-25/h5-10,14,20-21,27H,3-4,11-13H2,1-2H3,(H,24,26). The molecule has 0 saturated carbocycles.